The van der Waals surface area contributed by atoms with Gasteiger partial charge in [-0.2, -0.15) is 0 Å². The molecule has 22 heavy (non-hydrogen) atoms. The summed E-state index contributed by atoms with van der Waals surface area (Å²) in [6, 6.07) is 5.50. The highest BCUT2D eigenvalue weighted by Crippen LogP contribution is 2.22. The average molecular weight is 325 g/mol. The van der Waals surface area contributed by atoms with Crippen LogP contribution in [-0.2, 0) is 9.53 Å². The van der Waals surface area contributed by atoms with Gasteiger partial charge in [0.05, 0.1) is 30.5 Å². The summed E-state index contributed by atoms with van der Waals surface area (Å²) in [5, 5.41) is 3.31. The van der Waals surface area contributed by atoms with Crippen LogP contribution in [-0.4, -0.2) is 49.6 Å². The maximum Gasteiger partial charge on any atom is 0.226 e. The lowest BCUT2D eigenvalue weighted by molar-refractivity contribution is -0.116. The topological polar surface area (TPSA) is 80.0 Å². The smallest absolute Gasteiger partial charge is 0.226 e. The number of morpholine rings is 1. The second-order valence-electron chi connectivity index (χ2n) is 5.12. The van der Waals surface area contributed by atoms with E-state index in [1.165, 1.54) is 0 Å². The van der Waals surface area contributed by atoms with Gasteiger partial charge >= 0.3 is 0 Å². The standard InChI is InChI=1S/C15H21ClN4O2/c1-11-2-3-13(12(16)10-11)19-14(21)4-5-18-15(17)20-6-8-22-9-7-20/h2-3,10H,4-9H2,1H3,(H2,17,18)(H,19,21). The number of halogens is 1. The third-order valence-corrected chi connectivity index (χ3v) is 3.66. The van der Waals surface area contributed by atoms with Crippen molar-refractivity contribution in [2.45, 2.75) is 13.3 Å². The molecule has 1 saturated heterocycles. The number of rotatable bonds is 4. The summed E-state index contributed by atoms with van der Waals surface area (Å²) < 4.78 is 5.25. The summed E-state index contributed by atoms with van der Waals surface area (Å²) >= 11 is 6.08. The van der Waals surface area contributed by atoms with Crippen molar-refractivity contribution in [1.82, 2.24) is 4.90 Å². The van der Waals surface area contributed by atoms with Crippen LogP contribution in [0.15, 0.2) is 23.2 Å². The van der Waals surface area contributed by atoms with Crippen LogP contribution in [0.5, 0.6) is 0 Å². The Kier molecular flexibility index (Phi) is 6.03. The van der Waals surface area contributed by atoms with Crippen molar-refractivity contribution < 1.29 is 9.53 Å². The molecule has 1 aliphatic rings. The number of carbonyl (C=O) groups excluding carboxylic acids is 1. The third-order valence-electron chi connectivity index (χ3n) is 3.35. The van der Waals surface area contributed by atoms with E-state index in [4.69, 9.17) is 22.1 Å². The molecule has 1 fully saturated rings. The van der Waals surface area contributed by atoms with E-state index in [0.29, 0.717) is 36.4 Å². The molecule has 0 bridgehead atoms. The molecular formula is C15H21ClN4O2. The molecule has 0 aliphatic carbocycles. The molecule has 0 unspecified atom stereocenters. The van der Waals surface area contributed by atoms with E-state index in [0.717, 1.165) is 18.7 Å². The Morgan fingerprint density at radius 2 is 2.18 bits per heavy atom. The van der Waals surface area contributed by atoms with Crippen molar-refractivity contribution in [3.05, 3.63) is 28.8 Å². The van der Waals surface area contributed by atoms with Crippen LogP contribution in [0.2, 0.25) is 5.02 Å². The van der Waals surface area contributed by atoms with Crippen LogP contribution in [0.4, 0.5) is 5.69 Å². The first kappa shape index (κ1) is 16.6. The molecule has 7 heteroatoms. The lowest BCUT2D eigenvalue weighted by atomic mass is 10.2. The SMILES string of the molecule is Cc1ccc(NC(=O)CCN=C(N)N2CCOCC2)c(Cl)c1. The second kappa shape index (κ2) is 8.00. The Bertz CT molecular complexity index is 556. The number of carbonyl (C=O) groups is 1. The van der Waals surface area contributed by atoms with Gasteiger partial charge in [0.25, 0.3) is 0 Å². The number of aliphatic imine (C=N–C) groups is 1. The lowest BCUT2D eigenvalue weighted by Gasteiger charge is -2.27. The summed E-state index contributed by atoms with van der Waals surface area (Å²) in [7, 11) is 0. The Morgan fingerprint density at radius 3 is 2.86 bits per heavy atom. The molecule has 6 nitrogen and oxygen atoms in total. The molecule has 1 aliphatic heterocycles. The molecular weight excluding hydrogens is 304 g/mol. The van der Waals surface area contributed by atoms with Gasteiger partial charge in [-0.3, -0.25) is 9.79 Å². The third kappa shape index (κ3) is 4.89. The van der Waals surface area contributed by atoms with E-state index in [1.807, 2.05) is 24.0 Å². The molecule has 1 aromatic carbocycles. The zero-order chi connectivity index (χ0) is 15.9. The summed E-state index contributed by atoms with van der Waals surface area (Å²) in [6.07, 6.45) is 0.259. The van der Waals surface area contributed by atoms with E-state index in [-0.39, 0.29) is 12.3 Å². The van der Waals surface area contributed by atoms with Gasteiger partial charge in [-0.05, 0) is 24.6 Å². The fourth-order valence-corrected chi connectivity index (χ4v) is 2.38. The average Bonchev–Trinajstić information content (AvgIpc) is 2.51. The number of hydrogen-bond donors (Lipinski definition) is 2. The van der Waals surface area contributed by atoms with E-state index in [2.05, 4.69) is 10.3 Å². The summed E-state index contributed by atoms with van der Waals surface area (Å²) in [5.41, 5.74) is 7.56. The van der Waals surface area contributed by atoms with Gasteiger partial charge in [-0.25, -0.2) is 0 Å². The van der Waals surface area contributed by atoms with Crippen LogP contribution in [0, 0.1) is 6.92 Å². The van der Waals surface area contributed by atoms with Crippen molar-refractivity contribution >= 4 is 29.2 Å². The van der Waals surface area contributed by atoms with Crippen LogP contribution < -0.4 is 11.1 Å². The van der Waals surface area contributed by atoms with E-state index in [1.54, 1.807) is 6.07 Å². The number of nitrogens with zero attached hydrogens (tertiary/aromatic N) is 2. The number of ether oxygens (including phenoxy) is 1. The molecule has 0 spiro atoms. The monoisotopic (exact) mass is 324 g/mol. The Morgan fingerprint density at radius 1 is 1.45 bits per heavy atom. The number of anilines is 1. The Balaban J connectivity index is 1.79. The van der Waals surface area contributed by atoms with Gasteiger partial charge in [0.1, 0.15) is 0 Å². The van der Waals surface area contributed by atoms with Gasteiger partial charge in [0.2, 0.25) is 5.91 Å². The molecule has 2 rings (SSSR count). The zero-order valence-electron chi connectivity index (χ0n) is 12.6. The molecule has 0 radical (unpaired) electrons. The predicted molar refractivity (Wildman–Crippen MR) is 88.3 cm³/mol. The molecule has 1 heterocycles. The Labute approximate surface area is 135 Å². The zero-order valence-corrected chi connectivity index (χ0v) is 13.4. The molecule has 1 aromatic rings. The molecule has 0 aromatic heterocycles. The largest absolute Gasteiger partial charge is 0.378 e. The number of nitrogens with one attached hydrogen (secondary N) is 1. The van der Waals surface area contributed by atoms with E-state index >= 15 is 0 Å². The number of hydrogen-bond acceptors (Lipinski definition) is 3. The highest BCUT2D eigenvalue weighted by atomic mass is 35.5. The first-order valence-corrected chi connectivity index (χ1v) is 7.62. The maximum atomic E-state index is 11.9. The first-order chi connectivity index (χ1) is 10.6. The quantitative estimate of drug-likeness (QED) is 0.651. The number of aryl methyl sites for hydroxylation is 1. The van der Waals surface area contributed by atoms with Crippen molar-refractivity contribution in [2.24, 2.45) is 10.7 Å². The van der Waals surface area contributed by atoms with Gasteiger partial charge in [0.15, 0.2) is 5.96 Å². The molecule has 1 amide bonds. The molecule has 0 saturated carbocycles. The summed E-state index contributed by atoms with van der Waals surface area (Å²) in [5.74, 6) is 0.328. The van der Waals surface area contributed by atoms with Crippen LogP contribution in [0.1, 0.15) is 12.0 Å². The molecule has 0 atom stereocenters. The van der Waals surface area contributed by atoms with Gasteiger partial charge < -0.3 is 20.7 Å². The molecule has 3 N–H and O–H groups in total. The van der Waals surface area contributed by atoms with E-state index < -0.39 is 0 Å². The van der Waals surface area contributed by atoms with Crippen molar-refractivity contribution in [1.29, 1.82) is 0 Å². The van der Waals surface area contributed by atoms with Gasteiger partial charge in [-0.1, -0.05) is 17.7 Å². The maximum absolute atomic E-state index is 11.9. The minimum absolute atomic E-state index is 0.135. The van der Waals surface area contributed by atoms with Crippen molar-refractivity contribution in [3.63, 3.8) is 0 Å². The van der Waals surface area contributed by atoms with Crippen LogP contribution in [0.3, 0.4) is 0 Å². The fourth-order valence-electron chi connectivity index (χ4n) is 2.10. The molecule has 120 valence electrons. The number of nitrogens with two attached hydrogens (primary N) is 1. The van der Waals surface area contributed by atoms with Crippen LogP contribution in [0.25, 0.3) is 0 Å². The van der Waals surface area contributed by atoms with Gasteiger partial charge in [0, 0.05) is 19.5 Å². The van der Waals surface area contributed by atoms with Crippen LogP contribution >= 0.6 is 11.6 Å². The second-order valence-corrected chi connectivity index (χ2v) is 5.53. The first-order valence-electron chi connectivity index (χ1n) is 7.25. The lowest BCUT2D eigenvalue weighted by Crippen LogP contribution is -2.44. The minimum Gasteiger partial charge on any atom is -0.378 e. The number of guanidine groups is 1. The highest BCUT2D eigenvalue weighted by molar-refractivity contribution is 6.33. The summed E-state index contributed by atoms with van der Waals surface area (Å²) in [6.45, 7) is 5.07. The predicted octanol–water partition coefficient (Wildman–Crippen LogP) is 1.62. The minimum atomic E-state index is -0.135. The Hall–Kier alpha value is -1.79. The van der Waals surface area contributed by atoms with Gasteiger partial charge in [-0.15, -0.1) is 0 Å². The fraction of sp³-hybridized carbons (Fsp3) is 0.467. The highest BCUT2D eigenvalue weighted by Gasteiger charge is 2.12. The van der Waals surface area contributed by atoms with E-state index in [9.17, 15) is 4.79 Å². The van der Waals surface area contributed by atoms with Crippen molar-refractivity contribution in [3.8, 4) is 0 Å². The number of benzene rings is 1. The normalized spacial score (nSPS) is 15.7. The van der Waals surface area contributed by atoms with Crippen molar-refractivity contribution in [2.75, 3.05) is 38.2 Å². The summed E-state index contributed by atoms with van der Waals surface area (Å²) in [4.78, 5) is 18.1. The number of amides is 1.